The Bertz CT molecular complexity index is 295. The lowest BCUT2D eigenvalue weighted by Crippen LogP contribution is -2.32. The Balaban J connectivity index is 0.000000288. The number of aliphatic hydroxyl groups is 1. The molecule has 86 valence electrons. The maximum Gasteiger partial charge on any atom is 0.243 e. The minimum Gasteiger partial charge on any atom is -0.547 e. The topological polar surface area (TPSA) is 69.2 Å². The van der Waals surface area contributed by atoms with E-state index in [0.29, 0.717) is 0 Å². The van der Waals surface area contributed by atoms with Crippen LogP contribution in [-0.4, -0.2) is 21.7 Å². The van der Waals surface area contributed by atoms with Gasteiger partial charge in [0, 0.05) is 0 Å². The Morgan fingerprint density at radius 1 is 1.67 bits per heavy atom. The van der Waals surface area contributed by atoms with Crippen LogP contribution in [0.25, 0.3) is 0 Å². The maximum atomic E-state index is 9.34. The fourth-order valence-corrected chi connectivity index (χ4v) is 0.892. The van der Waals surface area contributed by atoms with E-state index in [1.54, 1.807) is 0 Å². The van der Waals surface area contributed by atoms with E-state index < -0.39 is 12.1 Å². The van der Waals surface area contributed by atoms with Crippen LogP contribution in [0.3, 0.4) is 0 Å². The number of carboxylic acid groups (broad SMARTS) is 1. The molecule has 1 atom stereocenters. The molecule has 1 aromatic heterocycles. The van der Waals surface area contributed by atoms with Gasteiger partial charge in [-0.2, -0.15) is 0 Å². The number of carboxylic acids is 1. The van der Waals surface area contributed by atoms with Crippen LogP contribution in [0.4, 0.5) is 0 Å². The molecule has 1 heterocycles. The average molecular weight is 214 g/mol. The van der Waals surface area contributed by atoms with Gasteiger partial charge in [0.05, 0.1) is 25.7 Å². The molecule has 0 bridgehead atoms. The van der Waals surface area contributed by atoms with E-state index in [1.807, 2.05) is 7.05 Å². The molecule has 0 saturated heterocycles. The minimum absolute atomic E-state index is 1.13. The summed E-state index contributed by atoms with van der Waals surface area (Å²) in [5.41, 5.74) is 0. The zero-order chi connectivity index (χ0) is 11.8. The van der Waals surface area contributed by atoms with E-state index in [-0.39, 0.29) is 0 Å². The highest BCUT2D eigenvalue weighted by molar-refractivity contribution is 5.68. The van der Waals surface area contributed by atoms with Crippen LogP contribution >= 0.6 is 0 Å². The summed E-state index contributed by atoms with van der Waals surface area (Å²) in [6.45, 7) is 4.44. The molecule has 5 heteroatoms. The molecule has 5 nitrogen and oxygen atoms in total. The molecular weight excluding hydrogens is 196 g/mol. The Labute approximate surface area is 89.6 Å². The second kappa shape index (κ2) is 7.00. The SMILES string of the molecule is CC(O)C(=O)[O-].CCC[n+]1ccn(C)c1. The highest BCUT2D eigenvalue weighted by Crippen LogP contribution is 1.79. The highest BCUT2D eigenvalue weighted by Gasteiger charge is 1.94. The molecule has 0 amide bonds. The summed E-state index contributed by atoms with van der Waals surface area (Å²) >= 11 is 0. The normalized spacial score (nSPS) is 11.5. The fraction of sp³-hybridized carbons (Fsp3) is 0.600. The molecular formula is C10H18N2O3. The van der Waals surface area contributed by atoms with Gasteiger partial charge in [-0.1, -0.05) is 6.92 Å². The molecule has 0 aliphatic heterocycles. The van der Waals surface area contributed by atoms with Crippen LogP contribution in [-0.2, 0) is 18.4 Å². The summed E-state index contributed by atoms with van der Waals surface area (Å²) in [4.78, 5) is 9.34. The number of aliphatic carboxylic acids is 1. The predicted octanol–water partition coefficient (Wildman–Crippen LogP) is -1.16. The van der Waals surface area contributed by atoms with Crippen LogP contribution in [0, 0.1) is 0 Å². The third kappa shape index (κ3) is 6.68. The van der Waals surface area contributed by atoms with Gasteiger partial charge in [-0.25, -0.2) is 9.13 Å². The molecule has 0 aromatic carbocycles. The van der Waals surface area contributed by atoms with Gasteiger partial charge >= 0.3 is 0 Å². The summed E-state index contributed by atoms with van der Waals surface area (Å²) in [5.74, 6) is -1.44. The van der Waals surface area contributed by atoms with E-state index in [2.05, 4.69) is 34.8 Å². The Morgan fingerprint density at radius 3 is 2.47 bits per heavy atom. The van der Waals surface area contributed by atoms with Crippen molar-refractivity contribution < 1.29 is 19.6 Å². The standard InChI is InChI=1S/C7H13N2.C3H6O3/c1-3-4-9-6-5-8(2)7-9;1-2(4)3(5)6/h5-7H,3-4H2,1-2H3;2,4H,1H3,(H,5,6)/q+1;/p-1. The van der Waals surface area contributed by atoms with Crippen LogP contribution in [0.5, 0.6) is 0 Å². The van der Waals surface area contributed by atoms with Crippen molar-refractivity contribution in [2.75, 3.05) is 0 Å². The van der Waals surface area contributed by atoms with Crippen molar-refractivity contribution in [2.24, 2.45) is 7.05 Å². The fourth-order valence-electron chi connectivity index (χ4n) is 0.892. The quantitative estimate of drug-likeness (QED) is 0.645. The molecule has 1 N–H and O–H groups in total. The first-order chi connectivity index (χ1) is 6.97. The molecule has 1 unspecified atom stereocenters. The minimum atomic E-state index is -1.44. The zero-order valence-electron chi connectivity index (χ0n) is 9.38. The summed E-state index contributed by atoms with van der Waals surface area (Å²) in [5, 5.41) is 17.3. The Hall–Kier alpha value is -1.36. The summed E-state index contributed by atoms with van der Waals surface area (Å²) in [7, 11) is 2.03. The summed E-state index contributed by atoms with van der Waals surface area (Å²) in [6, 6.07) is 0. The van der Waals surface area contributed by atoms with Crippen molar-refractivity contribution in [3.8, 4) is 0 Å². The molecule has 0 radical (unpaired) electrons. The van der Waals surface area contributed by atoms with Gasteiger partial charge < -0.3 is 15.0 Å². The molecule has 1 rings (SSSR count). The van der Waals surface area contributed by atoms with Crippen LogP contribution < -0.4 is 9.67 Å². The number of carbonyl (C=O) groups is 1. The number of hydrogen-bond donors (Lipinski definition) is 1. The Kier molecular flexibility index (Phi) is 6.37. The lowest BCUT2D eigenvalue weighted by atomic mass is 10.4. The van der Waals surface area contributed by atoms with Crippen LogP contribution in [0.1, 0.15) is 20.3 Å². The third-order valence-corrected chi connectivity index (χ3v) is 1.65. The van der Waals surface area contributed by atoms with Crippen molar-refractivity contribution in [1.29, 1.82) is 0 Å². The molecule has 0 saturated carbocycles. The van der Waals surface area contributed by atoms with Gasteiger partial charge in [0.25, 0.3) is 0 Å². The third-order valence-electron chi connectivity index (χ3n) is 1.65. The lowest BCUT2D eigenvalue weighted by molar-refractivity contribution is -0.696. The van der Waals surface area contributed by atoms with E-state index in [4.69, 9.17) is 5.11 Å². The number of hydrogen-bond acceptors (Lipinski definition) is 3. The van der Waals surface area contributed by atoms with Crippen molar-refractivity contribution in [1.82, 2.24) is 4.57 Å². The van der Waals surface area contributed by atoms with E-state index in [9.17, 15) is 9.90 Å². The lowest BCUT2D eigenvalue weighted by Gasteiger charge is -2.00. The Morgan fingerprint density at radius 2 is 2.20 bits per heavy atom. The van der Waals surface area contributed by atoms with Crippen molar-refractivity contribution >= 4 is 5.97 Å². The molecule has 0 aliphatic carbocycles. The van der Waals surface area contributed by atoms with Gasteiger partial charge in [0.15, 0.2) is 0 Å². The van der Waals surface area contributed by atoms with Crippen LogP contribution in [0.15, 0.2) is 18.7 Å². The second-order valence-electron chi connectivity index (χ2n) is 3.31. The van der Waals surface area contributed by atoms with Gasteiger partial charge in [-0.15, -0.1) is 0 Å². The maximum absolute atomic E-state index is 9.34. The van der Waals surface area contributed by atoms with Crippen molar-refractivity contribution in [3.05, 3.63) is 18.7 Å². The van der Waals surface area contributed by atoms with Gasteiger partial charge in [0.2, 0.25) is 6.33 Å². The van der Waals surface area contributed by atoms with Gasteiger partial charge in [-0.05, 0) is 13.3 Å². The van der Waals surface area contributed by atoms with Crippen molar-refractivity contribution in [2.45, 2.75) is 32.9 Å². The predicted molar refractivity (Wildman–Crippen MR) is 52.6 cm³/mol. The highest BCUT2D eigenvalue weighted by atomic mass is 16.4. The number of rotatable bonds is 3. The first kappa shape index (κ1) is 13.6. The smallest absolute Gasteiger partial charge is 0.243 e. The second-order valence-corrected chi connectivity index (χ2v) is 3.31. The van der Waals surface area contributed by atoms with Gasteiger partial charge in [-0.3, -0.25) is 0 Å². The van der Waals surface area contributed by atoms with Gasteiger partial charge in [0.1, 0.15) is 12.4 Å². The molecule has 0 aliphatic rings. The number of aryl methyl sites for hydroxylation is 2. The summed E-state index contributed by atoms with van der Waals surface area (Å²) < 4.78 is 4.23. The molecule has 1 aromatic rings. The van der Waals surface area contributed by atoms with E-state index in [1.165, 1.54) is 6.42 Å². The zero-order valence-corrected chi connectivity index (χ0v) is 9.38. The number of aliphatic hydroxyl groups excluding tert-OH is 1. The number of imidazole rings is 1. The largest absolute Gasteiger partial charge is 0.547 e. The van der Waals surface area contributed by atoms with Crippen molar-refractivity contribution in [3.63, 3.8) is 0 Å². The number of carbonyl (C=O) groups excluding carboxylic acids is 1. The van der Waals surface area contributed by atoms with Crippen LogP contribution in [0.2, 0.25) is 0 Å². The first-order valence-electron chi connectivity index (χ1n) is 4.87. The monoisotopic (exact) mass is 214 g/mol. The number of nitrogens with zero attached hydrogens (tertiary/aromatic N) is 2. The average Bonchev–Trinajstić information content (AvgIpc) is 2.53. The summed E-state index contributed by atoms with van der Waals surface area (Å²) in [6.07, 6.45) is 6.09. The first-order valence-corrected chi connectivity index (χ1v) is 4.87. The molecule has 0 spiro atoms. The molecule has 15 heavy (non-hydrogen) atoms. The van der Waals surface area contributed by atoms with E-state index >= 15 is 0 Å². The number of aromatic nitrogens is 2. The van der Waals surface area contributed by atoms with E-state index in [0.717, 1.165) is 13.5 Å². The molecule has 0 fully saturated rings.